The van der Waals surface area contributed by atoms with Crippen LogP contribution < -0.4 is 10.0 Å². The first-order valence-corrected chi connectivity index (χ1v) is 8.76. The number of hydrogen-bond acceptors (Lipinski definition) is 3. The topological polar surface area (TPSA) is 75.3 Å². The average molecular weight is 353 g/mol. The molecule has 0 bridgehead atoms. The SMILES string of the molecule is CNC(=O)Cc1ccc(NS(=O)(=O)c2ccc(C)cc2Cl)cc1. The Labute approximate surface area is 140 Å². The van der Waals surface area contributed by atoms with Crippen molar-refractivity contribution in [3.8, 4) is 0 Å². The van der Waals surface area contributed by atoms with Gasteiger partial charge >= 0.3 is 0 Å². The van der Waals surface area contributed by atoms with E-state index in [2.05, 4.69) is 10.0 Å². The first-order valence-electron chi connectivity index (χ1n) is 6.90. The first kappa shape index (κ1) is 17.3. The summed E-state index contributed by atoms with van der Waals surface area (Å²) in [6, 6.07) is 11.4. The Hall–Kier alpha value is -2.05. The maximum Gasteiger partial charge on any atom is 0.263 e. The highest BCUT2D eigenvalue weighted by Crippen LogP contribution is 2.24. The monoisotopic (exact) mass is 352 g/mol. The minimum absolute atomic E-state index is 0.0270. The van der Waals surface area contributed by atoms with Crippen molar-refractivity contribution in [1.29, 1.82) is 0 Å². The molecule has 0 spiro atoms. The molecule has 2 rings (SSSR count). The summed E-state index contributed by atoms with van der Waals surface area (Å²) in [7, 11) is -2.20. The highest BCUT2D eigenvalue weighted by molar-refractivity contribution is 7.92. The number of nitrogens with one attached hydrogen (secondary N) is 2. The third-order valence-electron chi connectivity index (χ3n) is 3.23. The maximum atomic E-state index is 12.4. The van der Waals surface area contributed by atoms with Gasteiger partial charge in [0.2, 0.25) is 5.91 Å². The van der Waals surface area contributed by atoms with Crippen molar-refractivity contribution in [3.05, 3.63) is 58.6 Å². The number of benzene rings is 2. The molecule has 0 fully saturated rings. The summed E-state index contributed by atoms with van der Waals surface area (Å²) in [6.45, 7) is 1.83. The van der Waals surface area contributed by atoms with Crippen LogP contribution >= 0.6 is 11.6 Å². The van der Waals surface area contributed by atoms with Gasteiger partial charge in [-0.25, -0.2) is 8.42 Å². The van der Waals surface area contributed by atoms with E-state index in [0.29, 0.717) is 5.69 Å². The maximum absolute atomic E-state index is 12.4. The van der Waals surface area contributed by atoms with Crippen molar-refractivity contribution < 1.29 is 13.2 Å². The summed E-state index contributed by atoms with van der Waals surface area (Å²) in [5.74, 6) is -0.107. The fourth-order valence-corrected chi connectivity index (χ4v) is 3.66. The van der Waals surface area contributed by atoms with Gasteiger partial charge in [-0.3, -0.25) is 9.52 Å². The summed E-state index contributed by atoms with van der Waals surface area (Å²) >= 11 is 6.02. The van der Waals surface area contributed by atoms with Gasteiger partial charge in [0, 0.05) is 12.7 Å². The molecular formula is C16H17ClN2O3S. The predicted octanol–water partition coefficient (Wildman–Crippen LogP) is 2.74. The molecule has 0 aliphatic rings. The van der Waals surface area contributed by atoms with Crippen molar-refractivity contribution >= 4 is 33.2 Å². The van der Waals surface area contributed by atoms with E-state index >= 15 is 0 Å². The van der Waals surface area contributed by atoms with Crippen LogP contribution in [0, 0.1) is 6.92 Å². The molecule has 5 nitrogen and oxygen atoms in total. The summed E-state index contributed by atoms with van der Waals surface area (Å²) in [6.07, 6.45) is 0.243. The number of likely N-dealkylation sites (N-methyl/N-ethyl adjacent to an activating group) is 1. The van der Waals surface area contributed by atoms with Crippen molar-refractivity contribution in [3.63, 3.8) is 0 Å². The number of hydrogen-bond donors (Lipinski definition) is 2. The van der Waals surface area contributed by atoms with Gasteiger partial charge in [0.05, 0.1) is 11.4 Å². The predicted molar refractivity (Wildman–Crippen MR) is 91.2 cm³/mol. The lowest BCUT2D eigenvalue weighted by atomic mass is 10.1. The molecule has 7 heteroatoms. The normalized spacial score (nSPS) is 11.1. The Morgan fingerprint density at radius 2 is 1.78 bits per heavy atom. The quantitative estimate of drug-likeness (QED) is 0.868. The molecular weight excluding hydrogens is 336 g/mol. The lowest BCUT2D eigenvalue weighted by molar-refractivity contribution is -0.119. The Morgan fingerprint density at radius 1 is 1.13 bits per heavy atom. The lowest BCUT2D eigenvalue weighted by Crippen LogP contribution is -2.19. The van der Waals surface area contributed by atoms with Crippen LogP contribution in [0.5, 0.6) is 0 Å². The van der Waals surface area contributed by atoms with Gasteiger partial charge < -0.3 is 5.32 Å². The van der Waals surface area contributed by atoms with Gasteiger partial charge in [-0.05, 0) is 42.3 Å². The van der Waals surface area contributed by atoms with E-state index in [-0.39, 0.29) is 22.2 Å². The van der Waals surface area contributed by atoms with Crippen LogP contribution in [0.15, 0.2) is 47.4 Å². The number of carbonyl (C=O) groups excluding carboxylic acids is 1. The van der Waals surface area contributed by atoms with Crippen LogP contribution in [0.2, 0.25) is 5.02 Å². The van der Waals surface area contributed by atoms with E-state index in [1.54, 1.807) is 43.4 Å². The molecule has 0 aliphatic heterocycles. The number of aryl methyl sites for hydroxylation is 1. The van der Waals surface area contributed by atoms with Crippen LogP contribution in [0.1, 0.15) is 11.1 Å². The van der Waals surface area contributed by atoms with Crippen molar-refractivity contribution in [1.82, 2.24) is 5.32 Å². The molecule has 0 radical (unpaired) electrons. The van der Waals surface area contributed by atoms with Crippen molar-refractivity contribution in [2.45, 2.75) is 18.2 Å². The van der Waals surface area contributed by atoms with Gasteiger partial charge in [-0.1, -0.05) is 29.8 Å². The second-order valence-electron chi connectivity index (χ2n) is 5.09. The molecule has 0 aliphatic carbocycles. The van der Waals surface area contributed by atoms with Gasteiger partial charge in [0.1, 0.15) is 4.90 Å². The van der Waals surface area contributed by atoms with Crippen LogP contribution in [0.25, 0.3) is 0 Å². The summed E-state index contributed by atoms with van der Waals surface area (Å²) in [4.78, 5) is 11.3. The molecule has 0 aromatic heterocycles. The molecule has 23 heavy (non-hydrogen) atoms. The molecule has 0 unspecified atom stereocenters. The summed E-state index contributed by atoms with van der Waals surface area (Å²) in [5, 5.41) is 2.71. The molecule has 0 heterocycles. The third-order valence-corrected chi connectivity index (χ3v) is 5.09. The molecule has 2 N–H and O–H groups in total. The molecule has 1 amide bonds. The Kier molecular flexibility index (Phi) is 5.28. The Morgan fingerprint density at radius 3 is 2.35 bits per heavy atom. The zero-order valence-electron chi connectivity index (χ0n) is 12.8. The minimum atomic E-state index is -3.76. The largest absolute Gasteiger partial charge is 0.359 e. The van der Waals surface area contributed by atoms with E-state index in [1.165, 1.54) is 6.07 Å². The van der Waals surface area contributed by atoms with Crippen LogP contribution in [-0.2, 0) is 21.2 Å². The van der Waals surface area contributed by atoms with Crippen LogP contribution in [-0.4, -0.2) is 21.4 Å². The van der Waals surface area contributed by atoms with E-state index in [0.717, 1.165) is 11.1 Å². The van der Waals surface area contributed by atoms with Gasteiger partial charge in [0.15, 0.2) is 0 Å². The number of rotatable bonds is 5. The molecule has 2 aromatic carbocycles. The number of amides is 1. The molecule has 122 valence electrons. The number of halogens is 1. The zero-order chi connectivity index (χ0) is 17.0. The Bertz CT molecular complexity index is 818. The zero-order valence-corrected chi connectivity index (χ0v) is 14.3. The summed E-state index contributed by atoms with van der Waals surface area (Å²) in [5.41, 5.74) is 2.08. The minimum Gasteiger partial charge on any atom is -0.359 e. The van der Waals surface area contributed by atoms with Crippen LogP contribution in [0.3, 0.4) is 0 Å². The highest BCUT2D eigenvalue weighted by atomic mass is 35.5. The van der Waals surface area contributed by atoms with E-state index in [1.807, 2.05) is 6.92 Å². The summed E-state index contributed by atoms with van der Waals surface area (Å²) < 4.78 is 27.2. The fraction of sp³-hybridized carbons (Fsp3) is 0.188. The average Bonchev–Trinajstić information content (AvgIpc) is 2.48. The number of anilines is 1. The van der Waals surface area contributed by atoms with Crippen LogP contribution in [0.4, 0.5) is 5.69 Å². The van der Waals surface area contributed by atoms with Gasteiger partial charge in [-0.2, -0.15) is 0 Å². The first-order chi connectivity index (χ1) is 10.8. The van der Waals surface area contributed by atoms with E-state index in [9.17, 15) is 13.2 Å². The fourth-order valence-electron chi connectivity index (χ4n) is 2.00. The van der Waals surface area contributed by atoms with Gasteiger partial charge in [-0.15, -0.1) is 0 Å². The van der Waals surface area contributed by atoms with E-state index < -0.39 is 10.0 Å². The molecule has 0 saturated carbocycles. The number of sulfonamides is 1. The second-order valence-corrected chi connectivity index (χ2v) is 7.14. The molecule has 0 saturated heterocycles. The molecule has 2 aromatic rings. The Balaban J connectivity index is 2.19. The second kappa shape index (κ2) is 7.02. The smallest absolute Gasteiger partial charge is 0.263 e. The highest BCUT2D eigenvalue weighted by Gasteiger charge is 2.18. The van der Waals surface area contributed by atoms with E-state index in [4.69, 9.17) is 11.6 Å². The standard InChI is InChI=1S/C16H17ClN2O3S/c1-11-3-8-15(14(17)9-11)23(21,22)19-13-6-4-12(5-7-13)10-16(20)18-2/h3-9,19H,10H2,1-2H3,(H,18,20). The molecule has 0 atom stereocenters. The third kappa shape index (κ3) is 4.46. The number of carbonyl (C=O) groups is 1. The van der Waals surface area contributed by atoms with Crippen molar-refractivity contribution in [2.75, 3.05) is 11.8 Å². The van der Waals surface area contributed by atoms with Gasteiger partial charge in [0.25, 0.3) is 10.0 Å². The lowest BCUT2D eigenvalue weighted by Gasteiger charge is -2.10. The van der Waals surface area contributed by atoms with Crippen molar-refractivity contribution in [2.24, 2.45) is 0 Å².